The molecule has 2 rings (SSSR count). The number of fused-ring (bicyclic) bond motifs is 1. The van der Waals surface area contributed by atoms with E-state index in [1.54, 1.807) is 0 Å². The maximum atomic E-state index is 10.9. The van der Waals surface area contributed by atoms with Gasteiger partial charge in [0.05, 0.1) is 0 Å². The number of unbranched alkanes of at least 4 members (excludes halogenated alkanes) is 5. The summed E-state index contributed by atoms with van der Waals surface area (Å²) in [7, 11) is 0. The van der Waals surface area contributed by atoms with E-state index < -0.39 is 5.97 Å². The van der Waals surface area contributed by atoms with Gasteiger partial charge in [0.15, 0.2) is 6.61 Å². The van der Waals surface area contributed by atoms with Crippen LogP contribution in [0.3, 0.4) is 0 Å². The highest BCUT2D eigenvalue weighted by atomic mass is 16.5. The summed E-state index contributed by atoms with van der Waals surface area (Å²) >= 11 is 0. The van der Waals surface area contributed by atoms with Gasteiger partial charge in [0.25, 0.3) is 0 Å². The molecule has 0 saturated heterocycles. The number of aliphatic carboxylic acids is 1. The summed E-state index contributed by atoms with van der Waals surface area (Å²) in [5.41, 5.74) is 3.86. The Morgan fingerprint density at radius 1 is 1.14 bits per heavy atom. The lowest BCUT2D eigenvalue weighted by Gasteiger charge is -2.36. The Bertz CT molecular complexity index is 720. The molecule has 0 bridgehead atoms. The number of allylic oxidation sites excluding steroid dienone is 1. The smallest absolute Gasteiger partial charge is 0.341 e. The van der Waals surface area contributed by atoms with E-state index in [9.17, 15) is 4.79 Å². The largest absolute Gasteiger partial charge is 0.483 e. The van der Waals surface area contributed by atoms with Crippen molar-refractivity contribution in [3.8, 4) is 11.5 Å². The first kappa shape index (κ1) is 22.3. The minimum Gasteiger partial charge on any atom is -0.483 e. The van der Waals surface area contributed by atoms with Crippen LogP contribution in [0.15, 0.2) is 12.2 Å². The molecular weight excluding hydrogens is 352 g/mol. The van der Waals surface area contributed by atoms with Crippen LogP contribution in [0.25, 0.3) is 0 Å². The lowest BCUT2D eigenvalue weighted by molar-refractivity contribution is -0.139. The number of carboxylic acids is 1. The van der Waals surface area contributed by atoms with Gasteiger partial charge in [0, 0.05) is 5.56 Å². The van der Waals surface area contributed by atoms with Crippen molar-refractivity contribution in [2.75, 3.05) is 6.61 Å². The summed E-state index contributed by atoms with van der Waals surface area (Å²) in [6.45, 7) is 10.1. The molecule has 1 aliphatic heterocycles. The molecule has 156 valence electrons. The van der Waals surface area contributed by atoms with Crippen molar-refractivity contribution < 1.29 is 19.4 Å². The standard InChI is InChI=1S/C24H36O4/c1-6-7-8-9-10-11-12-14-24(5)15-13-20-19(4)22(27-16-21(25)26)17(2)18(3)23(20)28-24/h12,14H,6-11,13,15-16H2,1-5H3,(H,25,26). The van der Waals surface area contributed by atoms with Crippen molar-refractivity contribution in [3.05, 3.63) is 34.4 Å². The van der Waals surface area contributed by atoms with Gasteiger partial charge in [-0.2, -0.15) is 0 Å². The SMILES string of the molecule is CCCCCCCC=CC1(C)CCc2c(C)c(OCC(=O)O)c(C)c(C)c2O1. The lowest BCUT2D eigenvalue weighted by Crippen LogP contribution is -2.35. The number of ether oxygens (including phenoxy) is 2. The van der Waals surface area contributed by atoms with E-state index in [0.717, 1.165) is 47.3 Å². The number of hydrogen-bond donors (Lipinski definition) is 1. The number of carboxylic acid groups (broad SMARTS) is 1. The molecule has 28 heavy (non-hydrogen) atoms. The molecule has 4 heteroatoms. The van der Waals surface area contributed by atoms with Crippen molar-refractivity contribution in [1.29, 1.82) is 0 Å². The zero-order chi connectivity index (χ0) is 20.7. The number of hydrogen-bond acceptors (Lipinski definition) is 3. The molecule has 1 unspecified atom stereocenters. The average molecular weight is 389 g/mol. The summed E-state index contributed by atoms with van der Waals surface area (Å²) in [5, 5.41) is 8.94. The Labute approximate surface area is 169 Å². The Balaban J connectivity index is 2.10. The number of rotatable bonds is 10. The van der Waals surface area contributed by atoms with E-state index in [1.807, 2.05) is 20.8 Å². The van der Waals surface area contributed by atoms with Crippen LogP contribution in [0.5, 0.6) is 11.5 Å². The second-order valence-corrected chi connectivity index (χ2v) is 8.21. The van der Waals surface area contributed by atoms with Gasteiger partial charge >= 0.3 is 5.97 Å². The molecule has 1 aromatic rings. The van der Waals surface area contributed by atoms with E-state index in [1.165, 1.54) is 32.1 Å². The molecule has 1 atom stereocenters. The summed E-state index contributed by atoms with van der Waals surface area (Å²) in [4.78, 5) is 10.9. The molecule has 0 amide bonds. The monoisotopic (exact) mass is 388 g/mol. The molecular formula is C24H36O4. The highest BCUT2D eigenvalue weighted by molar-refractivity contribution is 5.69. The highest BCUT2D eigenvalue weighted by Crippen LogP contribution is 2.44. The Hall–Kier alpha value is -1.97. The van der Waals surface area contributed by atoms with Crippen molar-refractivity contribution >= 4 is 5.97 Å². The molecule has 1 aliphatic rings. The van der Waals surface area contributed by atoms with E-state index in [4.69, 9.17) is 14.6 Å². The highest BCUT2D eigenvalue weighted by Gasteiger charge is 2.32. The number of benzene rings is 1. The molecule has 1 N–H and O–H groups in total. The fraction of sp³-hybridized carbons (Fsp3) is 0.625. The molecule has 0 radical (unpaired) electrons. The van der Waals surface area contributed by atoms with Crippen LogP contribution >= 0.6 is 0 Å². The predicted octanol–water partition coefficient (Wildman–Crippen LogP) is 6.08. The van der Waals surface area contributed by atoms with Crippen molar-refractivity contribution in [2.24, 2.45) is 0 Å². The van der Waals surface area contributed by atoms with Gasteiger partial charge in [-0.25, -0.2) is 4.79 Å². The maximum absolute atomic E-state index is 10.9. The second-order valence-electron chi connectivity index (χ2n) is 8.21. The van der Waals surface area contributed by atoms with Crippen LogP contribution in [-0.4, -0.2) is 23.3 Å². The van der Waals surface area contributed by atoms with E-state index in [2.05, 4.69) is 26.0 Å². The van der Waals surface area contributed by atoms with Crippen LogP contribution < -0.4 is 9.47 Å². The third kappa shape index (κ3) is 5.52. The van der Waals surface area contributed by atoms with Crippen LogP contribution in [-0.2, 0) is 11.2 Å². The zero-order valence-corrected chi connectivity index (χ0v) is 18.2. The van der Waals surface area contributed by atoms with E-state index >= 15 is 0 Å². The van der Waals surface area contributed by atoms with Crippen LogP contribution in [0, 0.1) is 20.8 Å². The van der Waals surface area contributed by atoms with Gasteiger partial charge in [-0.1, -0.05) is 38.7 Å². The third-order valence-corrected chi connectivity index (χ3v) is 5.80. The zero-order valence-electron chi connectivity index (χ0n) is 18.2. The minimum atomic E-state index is -0.960. The normalized spacial score (nSPS) is 18.8. The Morgan fingerprint density at radius 3 is 2.54 bits per heavy atom. The van der Waals surface area contributed by atoms with Gasteiger partial charge in [0.2, 0.25) is 0 Å². The Kier molecular flexibility index (Phi) is 7.97. The van der Waals surface area contributed by atoms with E-state index in [-0.39, 0.29) is 12.2 Å². The molecule has 0 aromatic heterocycles. The first-order valence-electron chi connectivity index (χ1n) is 10.6. The minimum absolute atomic E-state index is 0.288. The molecule has 4 nitrogen and oxygen atoms in total. The first-order valence-corrected chi connectivity index (χ1v) is 10.6. The number of carbonyl (C=O) groups is 1. The predicted molar refractivity (Wildman–Crippen MR) is 114 cm³/mol. The van der Waals surface area contributed by atoms with Gasteiger partial charge < -0.3 is 14.6 Å². The fourth-order valence-corrected chi connectivity index (χ4v) is 3.92. The van der Waals surface area contributed by atoms with Crippen molar-refractivity contribution in [1.82, 2.24) is 0 Å². The molecule has 0 aliphatic carbocycles. The van der Waals surface area contributed by atoms with Gasteiger partial charge in [0.1, 0.15) is 17.1 Å². The fourth-order valence-electron chi connectivity index (χ4n) is 3.92. The van der Waals surface area contributed by atoms with Crippen molar-refractivity contribution in [3.63, 3.8) is 0 Å². The van der Waals surface area contributed by atoms with Gasteiger partial charge in [-0.15, -0.1) is 0 Å². The van der Waals surface area contributed by atoms with Crippen LogP contribution in [0.1, 0.15) is 81.0 Å². The topological polar surface area (TPSA) is 55.8 Å². The summed E-state index contributed by atoms with van der Waals surface area (Å²) in [6.07, 6.45) is 13.9. The van der Waals surface area contributed by atoms with Gasteiger partial charge in [-0.05, 0) is 76.1 Å². The lowest BCUT2D eigenvalue weighted by atomic mass is 9.86. The molecule has 0 spiro atoms. The van der Waals surface area contributed by atoms with Crippen LogP contribution in [0.4, 0.5) is 0 Å². The summed E-state index contributed by atoms with van der Waals surface area (Å²) in [5.74, 6) is 0.672. The quantitative estimate of drug-likeness (QED) is 0.390. The van der Waals surface area contributed by atoms with E-state index in [0.29, 0.717) is 5.75 Å². The third-order valence-electron chi connectivity index (χ3n) is 5.80. The Morgan fingerprint density at radius 2 is 1.86 bits per heavy atom. The second kappa shape index (κ2) is 9.99. The van der Waals surface area contributed by atoms with Crippen molar-refractivity contribution in [2.45, 2.75) is 91.6 Å². The summed E-state index contributed by atoms with van der Waals surface area (Å²) in [6, 6.07) is 0. The van der Waals surface area contributed by atoms with Crippen LogP contribution in [0.2, 0.25) is 0 Å². The average Bonchev–Trinajstić information content (AvgIpc) is 2.65. The maximum Gasteiger partial charge on any atom is 0.341 e. The first-order chi connectivity index (χ1) is 13.3. The summed E-state index contributed by atoms with van der Waals surface area (Å²) < 4.78 is 12.1. The molecule has 0 saturated carbocycles. The molecule has 1 aromatic carbocycles. The molecule has 0 fully saturated rings. The molecule has 1 heterocycles. The van der Waals surface area contributed by atoms with Gasteiger partial charge in [-0.3, -0.25) is 0 Å².